The van der Waals surface area contributed by atoms with Gasteiger partial charge in [0.25, 0.3) is 0 Å². The van der Waals surface area contributed by atoms with Gasteiger partial charge in [0.2, 0.25) is 10.0 Å². The van der Waals surface area contributed by atoms with Crippen LogP contribution in [0.1, 0.15) is 6.92 Å². The maximum absolute atomic E-state index is 13.4. The van der Waals surface area contributed by atoms with Crippen LogP contribution in [0.2, 0.25) is 0 Å². The van der Waals surface area contributed by atoms with E-state index in [1.807, 2.05) is 4.72 Å². The molecule has 0 radical (unpaired) electrons. The minimum absolute atomic E-state index is 0.0789. The molecule has 1 aromatic carbocycles. The fraction of sp³-hybridized carbons (Fsp3) is 0.333. The molecular weight excluding hydrogens is 318 g/mol. The number of nitrogens with one attached hydrogen (secondary N) is 1. The van der Waals surface area contributed by atoms with E-state index in [0.717, 1.165) is 12.1 Å². The standard InChI is InChI=1S/C9H11BrF2N2O2S/c1-5(4-13)17(15,16)14-9-3-7(11)6(10)2-8(9)12/h2-3,5,14H,4,13H2,1H3. The lowest BCUT2D eigenvalue weighted by molar-refractivity contribution is 0.584. The first-order valence-electron chi connectivity index (χ1n) is 4.64. The maximum atomic E-state index is 13.4. The molecule has 0 saturated heterocycles. The van der Waals surface area contributed by atoms with E-state index in [-0.39, 0.29) is 11.0 Å². The first-order chi connectivity index (χ1) is 7.77. The summed E-state index contributed by atoms with van der Waals surface area (Å²) in [6.45, 7) is 1.26. The smallest absolute Gasteiger partial charge is 0.236 e. The molecule has 0 saturated carbocycles. The van der Waals surface area contributed by atoms with Crippen molar-refractivity contribution in [3.8, 4) is 0 Å². The van der Waals surface area contributed by atoms with Crippen LogP contribution in [0, 0.1) is 11.6 Å². The van der Waals surface area contributed by atoms with Crippen LogP contribution in [-0.2, 0) is 10.0 Å². The van der Waals surface area contributed by atoms with E-state index in [1.165, 1.54) is 6.92 Å². The van der Waals surface area contributed by atoms with Crippen molar-refractivity contribution in [3.63, 3.8) is 0 Å². The Morgan fingerprint density at radius 3 is 2.53 bits per heavy atom. The molecular formula is C9H11BrF2N2O2S. The molecule has 17 heavy (non-hydrogen) atoms. The van der Waals surface area contributed by atoms with Gasteiger partial charge in [-0.15, -0.1) is 0 Å². The lowest BCUT2D eigenvalue weighted by Crippen LogP contribution is -2.31. The van der Waals surface area contributed by atoms with Crippen molar-refractivity contribution in [2.75, 3.05) is 11.3 Å². The fourth-order valence-electron chi connectivity index (χ4n) is 0.981. The van der Waals surface area contributed by atoms with Gasteiger partial charge < -0.3 is 5.73 Å². The van der Waals surface area contributed by atoms with Crippen molar-refractivity contribution in [1.82, 2.24) is 0 Å². The molecule has 3 N–H and O–H groups in total. The second kappa shape index (κ2) is 5.28. The minimum Gasteiger partial charge on any atom is -0.329 e. The lowest BCUT2D eigenvalue weighted by Gasteiger charge is -2.13. The number of anilines is 1. The molecule has 1 aromatic rings. The SMILES string of the molecule is CC(CN)S(=O)(=O)Nc1cc(F)c(Br)cc1F. The molecule has 1 atom stereocenters. The van der Waals surface area contributed by atoms with E-state index in [0.29, 0.717) is 0 Å². The lowest BCUT2D eigenvalue weighted by atomic mass is 10.3. The van der Waals surface area contributed by atoms with E-state index in [9.17, 15) is 17.2 Å². The second-order valence-electron chi connectivity index (χ2n) is 3.44. The van der Waals surface area contributed by atoms with Crippen LogP contribution < -0.4 is 10.5 Å². The van der Waals surface area contributed by atoms with Gasteiger partial charge in [0.05, 0.1) is 15.4 Å². The number of nitrogens with two attached hydrogens (primary N) is 1. The molecule has 0 aliphatic heterocycles. The highest BCUT2D eigenvalue weighted by atomic mass is 79.9. The van der Waals surface area contributed by atoms with Crippen molar-refractivity contribution in [2.24, 2.45) is 5.73 Å². The van der Waals surface area contributed by atoms with Crippen molar-refractivity contribution >= 4 is 31.6 Å². The number of hydrogen-bond acceptors (Lipinski definition) is 3. The zero-order chi connectivity index (χ0) is 13.2. The Kier molecular flexibility index (Phi) is 4.45. The molecule has 0 fully saturated rings. The quantitative estimate of drug-likeness (QED) is 0.828. The van der Waals surface area contributed by atoms with Gasteiger partial charge in [-0.3, -0.25) is 4.72 Å². The van der Waals surface area contributed by atoms with Crippen LogP contribution in [0.15, 0.2) is 16.6 Å². The molecule has 8 heteroatoms. The van der Waals surface area contributed by atoms with Gasteiger partial charge in [-0.05, 0) is 28.9 Å². The summed E-state index contributed by atoms with van der Waals surface area (Å²) in [4.78, 5) is 0. The maximum Gasteiger partial charge on any atom is 0.236 e. The summed E-state index contributed by atoms with van der Waals surface area (Å²) in [5, 5.41) is -0.895. The summed E-state index contributed by atoms with van der Waals surface area (Å²) in [6.07, 6.45) is 0. The predicted molar refractivity (Wildman–Crippen MR) is 65.1 cm³/mol. The van der Waals surface area contributed by atoms with E-state index >= 15 is 0 Å². The minimum atomic E-state index is -3.81. The van der Waals surface area contributed by atoms with Crippen LogP contribution in [-0.4, -0.2) is 20.2 Å². The highest BCUT2D eigenvalue weighted by molar-refractivity contribution is 9.10. The highest BCUT2D eigenvalue weighted by Gasteiger charge is 2.21. The van der Waals surface area contributed by atoms with Crippen molar-refractivity contribution in [1.29, 1.82) is 0 Å². The molecule has 1 rings (SSSR count). The Balaban J connectivity index is 3.08. The van der Waals surface area contributed by atoms with Crippen molar-refractivity contribution in [2.45, 2.75) is 12.2 Å². The van der Waals surface area contributed by atoms with Crippen LogP contribution in [0.25, 0.3) is 0 Å². The van der Waals surface area contributed by atoms with Gasteiger partial charge in [-0.25, -0.2) is 17.2 Å². The van der Waals surface area contributed by atoms with Gasteiger partial charge in [0.15, 0.2) is 0 Å². The van der Waals surface area contributed by atoms with Crippen LogP contribution in [0.4, 0.5) is 14.5 Å². The topological polar surface area (TPSA) is 72.2 Å². The largest absolute Gasteiger partial charge is 0.329 e. The Morgan fingerprint density at radius 2 is 2.00 bits per heavy atom. The van der Waals surface area contributed by atoms with Gasteiger partial charge in [0, 0.05) is 12.6 Å². The highest BCUT2D eigenvalue weighted by Crippen LogP contribution is 2.24. The Morgan fingerprint density at radius 1 is 1.41 bits per heavy atom. The summed E-state index contributed by atoms with van der Waals surface area (Å²) in [6, 6.07) is 1.61. The normalized spacial score (nSPS) is 13.5. The van der Waals surface area contributed by atoms with E-state index in [4.69, 9.17) is 5.73 Å². The molecule has 0 spiro atoms. The Hall–Kier alpha value is -0.730. The van der Waals surface area contributed by atoms with Crippen LogP contribution >= 0.6 is 15.9 Å². The monoisotopic (exact) mass is 328 g/mol. The van der Waals surface area contributed by atoms with Crippen LogP contribution in [0.3, 0.4) is 0 Å². The molecule has 0 aromatic heterocycles. The predicted octanol–water partition coefficient (Wildman–Crippen LogP) is 1.82. The van der Waals surface area contributed by atoms with E-state index in [1.54, 1.807) is 0 Å². The number of hydrogen-bond donors (Lipinski definition) is 2. The van der Waals surface area contributed by atoms with Crippen LogP contribution in [0.5, 0.6) is 0 Å². The summed E-state index contributed by atoms with van der Waals surface area (Å²) >= 11 is 2.79. The van der Waals surface area contributed by atoms with Gasteiger partial charge in [-0.1, -0.05) is 0 Å². The number of sulfonamides is 1. The molecule has 0 heterocycles. The molecule has 0 bridgehead atoms. The first kappa shape index (κ1) is 14.3. The summed E-state index contributed by atoms with van der Waals surface area (Å²) in [5.74, 6) is -1.63. The second-order valence-corrected chi connectivity index (χ2v) is 6.39. The molecule has 1 unspecified atom stereocenters. The van der Waals surface area contributed by atoms with Gasteiger partial charge in [0.1, 0.15) is 11.6 Å². The number of benzene rings is 1. The third-order valence-corrected chi connectivity index (χ3v) is 4.49. The molecule has 0 amide bonds. The Bertz CT molecular complexity index is 522. The summed E-state index contributed by atoms with van der Waals surface area (Å²) in [5.41, 5.74) is 4.77. The van der Waals surface area contributed by atoms with Crippen molar-refractivity contribution < 1.29 is 17.2 Å². The molecule has 0 aliphatic rings. The zero-order valence-electron chi connectivity index (χ0n) is 8.88. The fourth-order valence-corrected chi connectivity index (χ4v) is 2.21. The molecule has 0 aliphatic carbocycles. The van der Waals surface area contributed by atoms with E-state index < -0.39 is 32.6 Å². The first-order valence-corrected chi connectivity index (χ1v) is 6.98. The van der Waals surface area contributed by atoms with Gasteiger partial charge >= 0.3 is 0 Å². The number of halogens is 3. The molecule has 4 nitrogen and oxygen atoms in total. The number of rotatable bonds is 4. The zero-order valence-corrected chi connectivity index (χ0v) is 11.3. The van der Waals surface area contributed by atoms with Gasteiger partial charge in [-0.2, -0.15) is 0 Å². The third kappa shape index (κ3) is 3.36. The third-order valence-electron chi connectivity index (χ3n) is 2.12. The Labute approximate surface area is 106 Å². The van der Waals surface area contributed by atoms with Crippen molar-refractivity contribution in [3.05, 3.63) is 28.2 Å². The summed E-state index contributed by atoms with van der Waals surface area (Å²) in [7, 11) is -3.81. The molecule has 96 valence electrons. The van der Waals surface area contributed by atoms with E-state index in [2.05, 4.69) is 15.9 Å². The average Bonchev–Trinajstić information content (AvgIpc) is 2.24. The average molecular weight is 329 g/mol. The summed E-state index contributed by atoms with van der Waals surface area (Å²) < 4.78 is 51.6.